The van der Waals surface area contributed by atoms with Crippen LogP contribution in [0.4, 0.5) is 0 Å². The number of nitrogens with zero attached hydrogens (tertiary/aromatic N) is 1. The molecule has 3 N–H and O–H groups in total. The van der Waals surface area contributed by atoms with Gasteiger partial charge in [0.1, 0.15) is 18.2 Å². The van der Waals surface area contributed by atoms with Crippen molar-refractivity contribution in [1.29, 1.82) is 0 Å². The molecule has 0 radical (unpaired) electrons. The van der Waals surface area contributed by atoms with E-state index in [1.807, 2.05) is 6.92 Å². The standard InChI is InChI=1S/C18H32N2O8S/c1-2-3-4-11-27-18(25)13-29(26)12-9-14(21)19-10-5-6-17(24)28-20-15(22)7-8-16(20)23/h15-16,22-23H,2-13H2,1H3,(H,19,21). The molecule has 3 atom stereocenters. The fourth-order valence-electron chi connectivity index (χ4n) is 2.57. The molecule has 10 nitrogen and oxygen atoms in total. The fourth-order valence-corrected chi connectivity index (χ4v) is 3.48. The van der Waals surface area contributed by atoms with Gasteiger partial charge in [0.05, 0.1) is 6.61 Å². The van der Waals surface area contributed by atoms with Crippen molar-refractivity contribution in [1.82, 2.24) is 10.4 Å². The van der Waals surface area contributed by atoms with Crippen LogP contribution in [0.5, 0.6) is 0 Å². The third-order valence-electron chi connectivity index (χ3n) is 4.20. The molecular formula is C18H32N2O8S. The smallest absolute Gasteiger partial charge is 0.325 e. The van der Waals surface area contributed by atoms with Gasteiger partial charge in [-0.15, -0.1) is 0 Å². The lowest BCUT2D eigenvalue weighted by molar-refractivity contribution is -0.261. The summed E-state index contributed by atoms with van der Waals surface area (Å²) >= 11 is 0. The SMILES string of the molecule is CCCCCOC(=O)CS(=O)CCC(=O)NCCCC(=O)ON1C(O)CCC1O. The average molecular weight is 437 g/mol. The summed E-state index contributed by atoms with van der Waals surface area (Å²) in [4.78, 5) is 39.8. The number of carbonyl (C=O) groups is 3. The van der Waals surface area contributed by atoms with Gasteiger partial charge in [0.2, 0.25) is 5.91 Å². The van der Waals surface area contributed by atoms with Gasteiger partial charge < -0.3 is 25.1 Å². The van der Waals surface area contributed by atoms with Gasteiger partial charge in [-0.05, 0) is 25.7 Å². The highest BCUT2D eigenvalue weighted by Crippen LogP contribution is 2.21. The Morgan fingerprint density at radius 3 is 2.41 bits per heavy atom. The van der Waals surface area contributed by atoms with Crippen molar-refractivity contribution in [2.75, 3.05) is 24.7 Å². The Hall–Kier alpha value is -1.56. The topological polar surface area (TPSA) is 142 Å². The van der Waals surface area contributed by atoms with Gasteiger partial charge in [0.15, 0.2) is 0 Å². The van der Waals surface area contributed by atoms with Gasteiger partial charge in [-0.2, -0.15) is 0 Å². The van der Waals surface area contributed by atoms with Gasteiger partial charge in [-0.25, -0.2) is 0 Å². The number of hydrogen-bond donors (Lipinski definition) is 3. The van der Waals surface area contributed by atoms with Crippen molar-refractivity contribution in [3.63, 3.8) is 0 Å². The largest absolute Gasteiger partial charge is 0.465 e. The molecular weight excluding hydrogens is 404 g/mol. The summed E-state index contributed by atoms with van der Waals surface area (Å²) in [6.07, 6.45) is 1.72. The van der Waals surface area contributed by atoms with Crippen LogP contribution in [0.2, 0.25) is 0 Å². The van der Waals surface area contributed by atoms with Crippen LogP contribution in [-0.4, -0.2) is 74.4 Å². The maximum atomic E-state index is 11.8. The molecule has 0 bridgehead atoms. The summed E-state index contributed by atoms with van der Waals surface area (Å²) in [5.41, 5.74) is 0. The van der Waals surface area contributed by atoms with Gasteiger partial charge in [0, 0.05) is 35.9 Å². The number of hydrogen-bond acceptors (Lipinski definition) is 9. The molecule has 1 fully saturated rings. The second-order valence-corrected chi connectivity index (χ2v) is 8.36. The Labute approximate surface area is 173 Å². The Balaban J connectivity index is 2.06. The molecule has 1 heterocycles. The molecule has 1 saturated heterocycles. The number of nitrogens with one attached hydrogen (secondary N) is 1. The van der Waals surface area contributed by atoms with Gasteiger partial charge in [-0.1, -0.05) is 24.8 Å². The van der Waals surface area contributed by atoms with Crippen LogP contribution in [0.15, 0.2) is 0 Å². The Morgan fingerprint density at radius 1 is 1.07 bits per heavy atom. The summed E-state index contributed by atoms with van der Waals surface area (Å²) in [7, 11) is -1.46. The normalized spacial score (nSPS) is 20.2. The number of unbranched alkanes of at least 4 members (excludes halogenated alkanes) is 2. The molecule has 3 unspecified atom stereocenters. The predicted octanol–water partition coefficient (Wildman–Crippen LogP) is -0.0542. The zero-order chi connectivity index (χ0) is 21.6. The highest BCUT2D eigenvalue weighted by molar-refractivity contribution is 7.85. The van der Waals surface area contributed by atoms with E-state index in [0.29, 0.717) is 25.9 Å². The lowest BCUT2D eigenvalue weighted by atomic mass is 10.3. The van der Waals surface area contributed by atoms with E-state index in [-0.39, 0.29) is 36.8 Å². The number of rotatable bonds is 14. The molecule has 11 heteroatoms. The number of hydroxylamine groups is 2. The number of aliphatic hydroxyl groups is 2. The van der Waals surface area contributed by atoms with Crippen molar-refractivity contribution >= 4 is 28.6 Å². The third-order valence-corrected chi connectivity index (χ3v) is 5.42. The zero-order valence-electron chi connectivity index (χ0n) is 16.8. The maximum absolute atomic E-state index is 11.8. The summed E-state index contributed by atoms with van der Waals surface area (Å²) in [6, 6.07) is 0. The minimum absolute atomic E-state index is 0.00597. The number of ether oxygens (including phenoxy) is 1. The molecule has 168 valence electrons. The molecule has 1 aliphatic rings. The predicted molar refractivity (Wildman–Crippen MR) is 104 cm³/mol. The summed E-state index contributed by atoms with van der Waals surface area (Å²) < 4.78 is 16.8. The van der Waals surface area contributed by atoms with E-state index in [1.165, 1.54) is 0 Å². The van der Waals surface area contributed by atoms with Crippen molar-refractivity contribution in [2.45, 2.75) is 70.7 Å². The molecule has 1 rings (SSSR count). The first-order valence-corrected chi connectivity index (χ1v) is 11.4. The van der Waals surface area contributed by atoms with Crippen LogP contribution in [0.25, 0.3) is 0 Å². The average Bonchev–Trinajstić information content (AvgIpc) is 2.99. The van der Waals surface area contributed by atoms with Crippen LogP contribution in [0.3, 0.4) is 0 Å². The molecule has 0 saturated carbocycles. The molecule has 0 aromatic carbocycles. The first-order valence-electron chi connectivity index (χ1n) is 9.96. The van der Waals surface area contributed by atoms with Gasteiger partial charge in [-0.3, -0.25) is 18.6 Å². The van der Waals surface area contributed by atoms with Crippen molar-refractivity contribution < 1.29 is 38.4 Å². The minimum atomic E-state index is -1.46. The molecule has 0 spiro atoms. The zero-order valence-corrected chi connectivity index (χ0v) is 17.7. The molecule has 0 aromatic heterocycles. The number of esters is 1. The molecule has 1 aliphatic heterocycles. The maximum Gasteiger partial charge on any atom is 0.325 e. The van der Waals surface area contributed by atoms with Crippen LogP contribution in [0, 0.1) is 0 Å². The van der Waals surface area contributed by atoms with Crippen LogP contribution in [-0.2, 0) is 34.8 Å². The van der Waals surface area contributed by atoms with Gasteiger partial charge in [0.25, 0.3) is 0 Å². The van der Waals surface area contributed by atoms with E-state index >= 15 is 0 Å². The minimum Gasteiger partial charge on any atom is -0.465 e. The second-order valence-electron chi connectivity index (χ2n) is 6.78. The highest BCUT2D eigenvalue weighted by Gasteiger charge is 2.33. The third kappa shape index (κ3) is 11.3. The number of amides is 1. The lowest BCUT2D eigenvalue weighted by Crippen LogP contribution is -2.38. The summed E-state index contributed by atoms with van der Waals surface area (Å²) in [5, 5.41) is 22.6. The van der Waals surface area contributed by atoms with E-state index in [4.69, 9.17) is 9.57 Å². The highest BCUT2D eigenvalue weighted by atomic mass is 32.2. The Morgan fingerprint density at radius 2 is 1.76 bits per heavy atom. The Bertz CT molecular complexity index is 550. The summed E-state index contributed by atoms with van der Waals surface area (Å²) in [5.74, 6) is -1.62. The monoisotopic (exact) mass is 436 g/mol. The molecule has 0 aliphatic carbocycles. The van der Waals surface area contributed by atoms with E-state index in [9.17, 15) is 28.8 Å². The fraction of sp³-hybridized carbons (Fsp3) is 0.833. The van der Waals surface area contributed by atoms with E-state index in [0.717, 1.165) is 24.3 Å². The van der Waals surface area contributed by atoms with E-state index < -0.39 is 35.2 Å². The molecule has 0 aromatic rings. The molecule has 29 heavy (non-hydrogen) atoms. The first kappa shape index (κ1) is 25.5. The van der Waals surface area contributed by atoms with Crippen molar-refractivity contribution in [2.24, 2.45) is 0 Å². The second kappa shape index (κ2) is 14.4. The van der Waals surface area contributed by atoms with Gasteiger partial charge >= 0.3 is 11.9 Å². The van der Waals surface area contributed by atoms with Crippen LogP contribution < -0.4 is 5.32 Å². The van der Waals surface area contributed by atoms with E-state index in [2.05, 4.69) is 5.32 Å². The quantitative estimate of drug-likeness (QED) is 0.252. The molecule has 1 amide bonds. The van der Waals surface area contributed by atoms with Crippen LogP contribution in [0.1, 0.15) is 58.3 Å². The van der Waals surface area contributed by atoms with E-state index in [1.54, 1.807) is 0 Å². The Kier molecular flexibility index (Phi) is 12.7. The number of aliphatic hydroxyl groups excluding tert-OH is 2. The first-order chi connectivity index (χ1) is 13.8. The van der Waals surface area contributed by atoms with Crippen LogP contribution >= 0.6 is 0 Å². The number of carbonyl (C=O) groups excluding carboxylic acids is 3. The lowest BCUT2D eigenvalue weighted by Gasteiger charge is -2.21. The van der Waals surface area contributed by atoms with Crippen molar-refractivity contribution in [3.05, 3.63) is 0 Å². The van der Waals surface area contributed by atoms with Crippen molar-refractivity contribution in [3.8, 4) is 0 Å². The summed E-state index contributed by atoms with van der Waals surface area (Å²) in [6.45, 7) is 2.59.